The number of Topliss-reactive ketones (excluding diaryl/α,β-unsaturated/α-hetero) is 1. The van der Waals surface area contributed by atoms with E-state index in [1.54, 1.807) is 20.8 Å². The molecule has 0 fully saturated rings. The SMILES string of the molecule is CC(C)(C)C(=O)C(=O)I. The van der Waals surface area contributed by atoms with E-state index in [1.807, 2.05) is 0 Å². The molecule has 0 rings (SSSR count). The molecule has 0 saturated carbocycles. The van der Waals surface area contributed by atoms with Crippen LogP contribution >= 0.6 is 22.6 Å². The van der Waals surface area contributed by atoms with Crippen LogP contribution in [0.4, 0.5) is 0 Å². The van der Waals surface area contributed by atoms with Crippen molar-refractivity contribution in [2.75, 3.05) is 0 Å². The van der Waals surface area contributed by atoms with E-state index in [2.05, 4.69) is 0 Å². The third-order valence-electron chi connectivity index (χ3n) is 0.860. The first kappa shape index (κ1) is 9.07. The number of hydrogen-bond acceptors (Lipinski definition) is 2. The van der Waals surface area contributed by atoms with Gasteiger partial charge in [0.1, 0.15) is 0 Å². The second kappa shape index (κ2) is 2.77. The third kappa shape index (κ3) is 2.93. The highest BCUT2D eigenvalue weighted by atomic mass is 127. The predicted molar refractivity (Wildman–Crippen MR) is 43.5 cm³/mol. The van der Waals surface area contributed by atoms with E-state index in [1.165, 1.54) is 22.6 Å². The zero-order chi connectivity index (χ0) is 7.65. The molecule has 0 radical (unpaired) electrons. The highest BCUT2D eigenvalue weighted by Gasteiger charge is 2.25. The van der Waals surface area contributed by atoms with Gasteiger partial charge in [-0.05, 0) is 0 Å². The molecular formula is C6H9IO2. The fraction of sp³-hybridized carbons (Fsp3) is 0.667. The lowest BCUT2D eigenvalue weighted by molar-refractivity contribution is -0.135. The number of ketones is 1. The summed E-state index contributed by atoms with van der Waals surface area (Å²) in [5.74, 6) is -0.317. The third-order valence-corrected chi connectivity index (χ3v) is 1.35. The van der Waals surface area contributed by atoms with Gasteiger partial charge >= 0.3 is 0 Å². The minimum Gasteiger partial charge on any atom is -0.289 e. The molecule has 2 nitrogen and oxygen atoms in total. The van der Waals surface area contributed by atoms with Crippen LogP contribution < -0.4 is 0 Å². The van der Waals surface area contributed by atoms with Crippen molar-refractivity contribution in [1.82, 2.24) is 0 Å². The fourth-order valence-electron chi connectivity index (χ4n) is 0.295. The van der Waals surface area contributed by atoms with Gasteiger partial charge in [-0.15, -0.1) is 0 Å². The molecular weight excluding hydrogens is 231 g/mol. The van der Waals surface area contributed by atoms with Gasteiger partial charge < -0.3 is 0 Å². The standard InChI is InChI=1S/C6H9IO2/c1-6(2,3)4(8)5(7)9/h1-3H3. The minimum absolute atomic E-state index is 0.317. The van der Waals surface area contributed by atoms with Crippen LogP contribution in [0.1, 0.15) is 20.8 Å². The summed E-state index contributed by atoms with van der Waals surface area (Å²) in [6.07, 6.45) is 0. The van der Waals surface area contributed by atoms with Crippen molar-refractivity contribution in [2.45, 2.75) is 20.8 Å². The molecule has 0 aromatic rings. The fourth-order valence-corrected chi connectivity index (χ4v) is 1.10. The molecule has 52 valence electrons. The van der Waals surface area contributed by atoms with Crippen LogP contribution in [-0.2, 0) is 9.59 Å². The maximum atomic E-state index is 10.8. The lowest BCUT2D eigenvalue weighted by atomic mass is 9.92. The summed E-state index contributed by atoms with van der Waals surface area (Å²) in [7, 11) is 0. The summed E-state index contributed by atoms with van der Waals surface area (Å²) in [5.41, 5.74) is -0.516. The summed E-state index contributed by atoms with van der Waals surface area (Å²) >= 11 is 1.51. The molecule has 0 aliphatic heterocycles. The molecule has 0 aliphatic carbocycles. The molecule has 0 N–H and O–H groups in total. The Bertz CT molecular complexity index is 144. The normalized spacial score (nSPS) is 11.1. The smallest absolute Gasteiger partial charge is 0.258 e. The number of hydrogen-bond donors (Lipinski definition) is 0. The lowest BCUT2D eigenvalue weighted by Gasteiger charge is -2.12. The van der Waals surface area contributed by atoms with Crippen molar-refractivity contribution in [3.63, 3.8) is 0 Å². The molecule has 0 unspecified atom stereocenters. The van der Waals surface area contributed by atoms with E-state index < -0.39 is 5.41 Å². The van der Waals surface area contributed by atoms with Crippen molar-refractivity contribution in [2.24, 2.45) is 5.41 Å². The average molecular weight is 240 g/mol. The first-order chi connectivity index (χ1) is 3.85. The van der Waals surface area contributed by atoms with Gasteiger partial charge in [-0.3, -0.25) is 9.59 Å². The second-order valence-corrected chi connectivity index (χ2v) is 3.83. The van der Waals surface area contributed by atoms with Crippen molar-refractivity contribution >= 4 is 32.2 Å². The number of rotatable bonds is 1. The number of carbonyl (C=O) groups excluding carboxylic acids is 2. The molecule has 0 aromatic heterocycles. The Morgan fingerprint density at radius 1 is 1.22 bits per heavy atom. The summed E-state index contributed by atoms with van der Waals surface area (Å²) in [4.78, 5) is 21.2. The maximum absolute atomic E-state index is 10.8. The van der Waals surface area contributed by atoms with Crippen LogP contribution in [0, 0.1) is 5.41 Å². The molecule has 0 saturated heterocycles. The molecule has 0 amide bonds. The molecule has 0 aliphatic rings. The van der Waals surface area contributed by atoms with E-state index in [4.69, 9.17) is 0 Å². The quantitative estimate of drug-likeness (QED) is 0.396. The van der Waals surface area contributed by atoms with Crippen LogP contribution in [0.3, 0.4) is 0 Å². The summed E-state index contributed by atoms with van der Waals surface area (Å²) in [6, 6.07) is 0. The molecule has 0 heterocycles. The molecule has 0 atom stereocenters. The Morgan fingerprint density at radius 3 is 1.56 bits per heavy atom. The first-order valence-corrected chi connectivity index (χ1v) is 3.68. The minimum atomic E-state index is -0.516. The van der Waals surface area contributed by atoms with Gasteiger partial charge in [-0.2, -0.15) is 0 Å². The van der Waals surface area contributed by atoms with Crippen LogP contribution in [0.5, 0.6) is 0 Å². The van der Waals surface area contributed by atoms with Gasteiger partial charge in [0.05, 0.1) is 0 Å². The summed E-state index contributed by atoms with van der Waals surface area (Å²) in [6.45, 7) is 5.18. The Balaban J connectivity index is 4.23. The first-order valence-electron chi connectivity index (χ1n) is 2.60. The monoisotopic (exact) mass is 240 g/mol. The Kier molecular flexibility index (Phi) is 2.79. The van der Waals surface area contributed by atoms with Gasteiger partial charge in [0.2, 0.25) is 5.78 Å². The van der Waals surface area contributed by atoms with E-state index in [-0.39, 0.29) is 9.57 Å². The Hall–Kier alpha value is 0.0700. The Labute approximate surface area is 68.1 Å². The summed E-state index contributed by atoms with van der Waals surface area (Å²) in [5, 5.41) is 0. The maximum Gasteiger partial charge on any atom is 0.258 e. The van der Waals surface area contributed by atoms with Gasteiger partial charge in [-0.25, -0.2) is 0 Å². The predicted octanol–water partition coefficient (Wildman–Crippen LogP) is 1.56. The van der Waals surface area contributed by atoms with Crippen molar-refractivity contribution in [3.05, 3.63) is 0 Å². The zero-order valence-electron chi connectivity index (χ0n) is 5.69. The highest BCUT2D eigenvalue weighted by Crippen LogP contribution is 2.16. The topological polar surface area (TPSA) is 34.1 Å². The summed E-state index contributed by atoms with van der Waals surface area (Å²) < 4.78 is -0.389. The van der Waals surface area contributed by atoms with E-state index in [0.29, 0.717) is 0 Å². The number of carbonyl (C=O) groups is 2. The van der Waals surface area contributed by atoms with Crippen LogP contribution in [0.2, 0.25) is 0 Å². The highest BCUT2D eigenvalue weighted by molar-refractivity contribution is 14.1. The van der Waals surface area contributed by atoms with Crippen LogP contribution in [0.15, 0.2) is 0 Å². The van der Waals surface area contributed by atoms with E-state index in [0.717, 1.165) is 0 Å². The molecule has 0 aromatic carbocycles. The molecule has 0 spiro atoms. The van der Waals surface area contributed by atoms with Crippen LogP contribution in [0.25, 0.3) is 0 Å². The van der Waals surface area contributed by atoms with Gasteiger partial charge in [0.25, 0.3) is 3.79 Å². The Morgan fingerprint density at radius 2 is 1.56 bits per heavy atom. The second-order valence-electron chi connectivity index (χ2n) is 2.85. The average Bonchev–Trinajstić information content (AvgIpc) is 1.62. The van der Waals surface area contributed by atoms with Crippen molar-refractivity contribution in [1.29, 1.82) is 0 Å². The largest absolute Gasteiger partial charge is 0.289 e. The molecule has 3 heteroatoms. The number of halogens is 1. The lowest BCUT2D eigenvalue weighted by Crippen LogP contribution is -2.24. The molecule has 0 bridgehead atoms. The van der Waals surface area contributed by atoms with Crippen LogP contribution in [-0.4, -0.2) is 9.57 Å². The van der Waals surface area contributed by atoms with E-state index >= 15 is 0 Å². The van der Waals surface area contributed by atoms with E-state index in [9.17, 15) is 9.59 Å². The van der Waals surface area contributed by atoms with Gasteiger partial charge in [0, 0.05) is 28.0 Å². The molecule has 9 heavy (non-hydrogen) atoms. The van der Waals surface area contributed by atoms with Gasteiger partial charge in [-0.1, -0.05) is 20.8 Å². The van der Waals surface area contributed by atoms with Gasteiger partial charge in [0.15, 0.2) is 0 Å². The zero-order valence-corrected chi connectivity index (χ0v) is 7.85. The van der Waals surface area contributed by atoms with Crippen molar-refractivity contribution < 1.29 is 9.59 Å². The van der Waals surface area contributed by atoms with Crippen molar-refractivity contribution in [3.8, 4) is 0 Å².